The summed E-state index contributed by atoms with van der Waals surface area (Å²) in [6, 6.07) is 15.3. The minimum absolute atomic E-state index is 0. The highest BCUT2D eigenvalue weighted by molar-refractivity contribution is 6.33. The largest absolute Gasteiger partial charge is 0.399 e. The van der Waals surface area contributed by atoms with Gasteiger partial charge in [0.15, 0.2) is 0 Å². The molecule has 0 bridgehead atoms. The highest BCUT2D eigenvalue weighted by Crippen LogP contribution is 2.26. The normalized spacial score (nSPS) is 14.2. The monoisotopic (exact) mass is 365 g/mol. The number of carbonyl (C=O) groups is 1. The molecule has 0 atom stereocenters. The Morgan fingerprint density at radius 2 is 1.75 bits per heavy atom. The van der Waals surface area contributed by atoms with Gasteiger partial charge in [-0.2, -0.15) is 0 Å². The van der Waals surface area contributed by atoms with Crippen LogP contribution in [0.3, 0.4) is 0 Å². The van der Waals surface area contributed by atoms with Crippen molar-refractivity contribution in [1.82, 2.24) is 4.90 Å². The number of benzene rings is 2. The average Bonchev–Trinajstić information content (AvgIpc) is 2.55. The number of hydrogen-bond acceptors (Lipinski definition) is 3. The van der Waals surface area contributed by atoms with Crippen molar-refractivity contribution >= 4 is 41.3 Å². The predicted octanol–water partition coefficient (Wildman–Crippen LogP) is 3.24. The number of amides is 1. The van der Waals surface area contributed by atoms with Crippen molar-refractivity contribution in [2.45, 2.75) is 6.42 Å². The molecule has 1 fully saturated rings. The Kier molecular flexibility index (Phi) is 6.35. The van der Waals surface area contributed by atoms with Gasteiger partial charge in [0.25, 0.3) is 0 Å². The van der Waals surface area contributed by atoms with Crippen molar-refractivity contribution in [3.63, 3.8) is 0 Å². The van der Waals surface area contributed by atoms with Crippen molar-refractivity contribution in [2.75, 3.05) is 36.8 Å². The topological polar surface area (TPSA) is 49.6 Å². The summed E-state index contributed by atoms with van der Waals surface area (Å²) >= 11 is 6.24. The SMILES string of the molecule is Cl.Nc1cccc(CC(=O)N2CCN(c3ccccc3Cl)CC2)c1. The Bertz CT molecular complexity index is 700. The number of anilines is 2. The number of piperazine rings is 1. The Morgan fingerprint density at radius 3 is 2.42 bits per heavy atom. The van der Waals surface area contributed by atoms with Crippen LogP contribution >= 0.6 is 24.0 Å². The Labute approximate surface area is 153 Å². The average molecular weight is 366 g/mol. The molecule has 0 aromatic heterocycles. The Hall–Kier alpha value is -1.91. The molecule has 4 nitrogen and oxygen atoms in total. The quantitative estimate of drug-likeness (QED) is 0.849. The van der Waals surface area contributed by atoms with Gasteiger partial charge in [0.05, 0.1) is 17.1 Å². The molecule has 0 unspecified atom stereocenters. The summed E-state index contributed by atoms with van der Waals surface area (Å²) in [6.45, 7) is 3.03. The van der Waals surface area contributed by atoms with Crippen LogP contribution in [-0.2, 0) is 11.2 Å². The maximum absolute atomic E-state index is 12.4. The number of carbonyl (C=O) groups excluding carboxylic acids is 1. The summed E-state index contributed by atoms with van der Waals surface area (Å²) in [5, 5.41) is 0.757. The standard InChI is InChI=1S/C18H20ClN3O.ClH/c19-16-6-1-2-7-17(16)21-8-10-22(11-9-21)18(23)13-14-4-3-5-15(20)12-14;/h1-7,12H,8-11,13,20H2;1H. The van der Waals surface area contributed by atoms with Gasteiger partial charge >= 0.3 is 0 Å². The molecule has 1 aliphatic heterocycles. The van der Waals surface area contributed by atoms with Gasteiger partial charge in [0.1, 0.15) is 0 Å². The first kappa shape index (κ1) is 18.4. The lowest BCUT2D eigenvalue weighted by atomic mass is 10.1. The molecule has 1 amide bonds. The van der Waals surface area contributed by atoms with Crippen molar-refractivity contribution in [3.05, 3.63) is 59.1 Å². The van der Waals surface area contributed by atoms with Crippen LogP contribution in [0.15, 0.2) is 48.5 Å². The van der Waals surface area contributed by atoms with Crippen LogP contribution in [0.1, 0.15) is 5.56 Å². The summed E-state index contributed by atoms with van der Waals surface area (Å²) in [5.74, 6) is 0.148. The molecule has 1 aliphatic rings. The third-order valence-electron chi connectivity index (χ3n) is 4.13. The van der Waals surface area contributed by atoms with Gasteiger partial charge < -0.3 is 15.5 Å². The minimum atomic E-state index is 0. The summed E-state index contributed by atoms with van der Waals surface area (Å²) in [7, 11) is 0. The molecule has 2 N–H and O–H groups in total. The van der Waals surface area contributed by atoms with E-state index in [1.165, 1.54) is 0 Å². The van der Waals surface area contributed by atoms with E-state index in [0.717, 1.165) is 29.4 Å². The van der Waals surface area contributed by atoms with Crippen LogP contribution < -0.4 is 10.6 Å². The van der Waals surface area contributed by atoms with Gasteiger partial charge in [-0.05, 0) is 29.8 Å². The number of halogens is 2. The Morgan fingerprint density at radius 1 is 1.04 bits per heavy atom. The number of hydrogen-bond donors (Lipinski definition) is 1. The van der Waals surface area contributed by atoms with Crippen LogP contribution in [0, 0.1) is 0 Å². The molecule has 3 rings (SSSR count). The number of nitrogens with two attached hydrogens (primary N) is 1. The van der Waals surface area contributed by atoms with Gasteiger partial charge in [-0.1, -0.05) is 35.9 Å². The summed E-state index contributed by atoms with van der Waals surface area (Å²) in [4.78, 5) is 16.6. The molecule has 2 aromatic carbocycles. The number of nitrogen functional groups attached to an aromatic ring is 1. The molecule has 6 heteroatoms. The molecule has 0 saturated carbocycles. The van der Waals surface area contributed by atoms with Gasteiger partial charge in [-0.25, -0.2) is 0 Å². The second-order valence-corrected chi connectivity index (χ2v) is 6.15. The first-order chi connectivity index (χ1) is 11.1. The van der Waals surface area contributed by atoms with Crippen molar-refractivity contribution in [1.29, 1.82) is 0 Å². The predicted molar refractivity (Wildman–Crippen MR) is 102 cm³/mol. The van der Waals surface area contributed by atoms with E-state index in [-0.39, 0.29) is 18.3 Å². The fourth-order valence-corrected chi connectivity index (χ4v) is 3.15. The van der Waals surface area contributed by atoms with Gasteiger partial charge in [0, 0.05) is 31.9 Å². The lowest BCUT2D eigenvalue weighted by Gasteiger charge is -2.36. The van der Waals surface area contributed by atoms with Crippen LogP contribution in [0.4, 0.5) is 11.4 Å². The van der Waals surface area contributed by atoms with Crippen LogP contribution in [-0.4, -0.2) is 37.0 Å². The Balaban J connectivity index is 0.00000208. The van der Waals surface area contributed by atoms with E-state index >= 15 is 0 Å². The summed E-state index contributed by atoms with van der Waals surface area (Å²) in [6.07, 6.45) is 0.400. The lowest BCUT2D eigenvalue weighted by molar-refractivity contribution is -0.130. The van der Waals surface area contributed by atoms with Gasteiger partial charge in [-0.15, -0.1) is 12.4 Å². The summed E-state index contributed by atoms with van der Waals surface area (Å²) < 4.78 is 0. The molecule has 128 valence electrons. The van der Waals surface area contributed by atoms with Gasteiger partial charge in [-0.3, -0.25) is 4.79 Å². The smallest absolute Gasteiger partial charge is 0.227 e. The molecule has 0 aliphatic carbocycles. The zero-order valence-corrected chi connectivity index (χ0v) is 14.9. The molecular weight excluding hydrogens is 345 g/mol. The zero-order valence-electron chi connectivity index (χ0n) is 13.3. The molecule has 0 spiro atoms. The third kappa shape index (κ3) is 4.34. The maximum Gasteiger partial charge on any atom is 0.227 e. The van der Waals surface area contributed by atoms with E-state index in [4.69, 9.17) is 17.3 Å². The zero-order chi connectivity index (χ0) is 16.2. The van der Waals surface area contributed by atoms with E-state index in [1.807, 2.05) is 53.4 Å². The lowest BCUT2D eigenvalue weighted by Crippen LogP contribution is -2.49. The number of nitrogens with zero attached hydrogens (tertiary/aromatic N) is 2. The van der Waals surface area contributed by atoms with Crippen molar-refractivity contribution in [3.8, 4) is 0 Å². The first-order valence-electron chi connectivity index (χ1n) is 7.75. The van der Waals surface area contributed by atoms with E-state index < -0.39 is 0 Å². The highest BCUT2D eigenvalue weighted by Gasteiger charge is 2.22. The van der Waals surface area contributed by atoms with E-state index in [0.29, 0.717) is 25.2 Å². The van der Waals surface area contributed by atoms with Crippen LogP contribution in [0.2, 0.25) is 5.02 Å². The molecule has 2 aromatic rings. The number of rotatable bonds is 3. The van der Waals surface area contributed by atoms with E-state index in [9.17, 15) is 4.79 Å². The van der Waals surface area contributed by atoms with Crippen molar-refractivity contribution in [2.24, 2.45) is 0 Å². The van der Waals surface area contributed by atoms with E-state index in [2.05, 4.69) is 4.90 Å². The van der Waals surface area contributed by atoms with Crippen LogP contribution in [0.25, 0.3) is 0 Å². The second-order valence-electron chi connectivity index (χ2n) is 5.74. The first-order valence-corrected chi connectivity index (χ1v) is 8.13. The second kappa shape index (κ2) is 8.27. The van der Waals surface area contributed by atoms with Crippen LogP contribution in [0.5, 0.6) is 0 Å². The fraction of sp³-hybridized carbons (Fsp3) is 0.278. The summed E-state index contributed by atoms with van der Waals surface area (Å²) in [5.41, 5.74) is 8.46. The maximum atomic E-state index is 12.4. The van der Waals surface area contributed by atoms with Gasteiger partial charge in [0.2, 0.25) is 5.91 Å². The molecule has 24 heavy (non-hydrogen) atoms. The minimum Gasteiger partial charge on any atom is -0.399 e. The van der Waals surface area contributed by atoms with E-state index in [1.54, 1.807) is 0 Å². The highest BCUT2D eigenvalue weighted by atomic mass is 35.5. The molecule has 0 radical (unpaired) electrons. The molecular formula is C18H21Cl2N3O. The molecule has 1 heterocycles. The third-order valence-corrected chi connectivity index (χ3v) is 4.45. The van der Waals surface area contributed by atoms with Crippen molar-refractivity contribution < 1.29 is 4.79 Å². The number of para-hydroxylation sites is 1. The fourth-order valence-electron chi connectivity index (χ4n) is 2.89. The molecule has 1 saturated heterocycles.